The van der Waals surface area contributed by atoms with Crippen LogP contribution in [0.5, 0.6) is 5.75 Å². The Balaban J connectivity index is 3.23. The van der Waals surface area contributed by atoms with Gasteiger partial charge in [-0.05, 0) is 6.07 Å². The van der Waals surface area contributed by atoms with Crippen molar-refractivity contribution >= 4 is 11.7 Å². The fourth-order valence-corrected chi connectivity index (χ4v) is 1.28. The highest BCUT2D eigenvalue weighted by atomic mass is 19.4. The van der Waals surface area contributed by atoms with Crippen molar-refractivity contribution in [1.82, 2.24) is 0 Å². The molecule has 0 aromatic heterocycles. The Morgan fingerprint density at radius 2 is 1.62 bits per heavy atom. The van der Waals surface area contributed by atoms with Gasteiger partial charge >= 0.3 is 18.3 Å². The van der Waals surface area contributed by atoms with Crippen LogP contribution in [-0.2, 0) is 0 Å². The van der Waals surface area contributed by atoms with Gasteiger partial charge in [0.2, 0.25) is 0 Å². The number of carboxylic acid groups (broad SMARTS) is 1. The molecule has 0 bridgehead atoms. The van der Waals surface area contributed by atoms with E-state index in [1.54, 1.807) is 0 Å². The molecule has 4 nitrogen and oxygen atoms in total. The van der Waals surface area contributed by atoms with Gasteiger partial charge in [-0.15, -0.1) is 0 Å². The van der Waals surface area contributed by atoms with Gasteiger partial charge in [0.05, 0.1) is 11.3 Å². The van der Waals surface area contributed by atoms with Gasteiger partial charge < -0.3 is 15.6 Å². The molecule has 3 N–H and O–H groups in total. The van der Waals surface area contributed by atoms with Crippen LogP contribution in [-0.4, -0.2) is 29.5 Å². The molecule has 0 fully saturated rings. The summed E-state index contributed by atoms with van der Waals surface area (Å²) < 4.78 is 90.5. The van der Waals surface area contributed by atoms with E-state index >= 15 is 0 Å². The molecule has 0 aliphatic heterocycles. The first-order valence-corrected chi connectivity index (χ1v) is 4.96. The van der Waals surface area contributed by atoms with Crippen molar-refractivity contribution in [2.75, 3.05) is 5.73 Å². The molecule has 0 spiro atoms. The summed E-state index contributed by atoms with van der Waals surface area (Å²) in [5, 5.41) is 8.53. The molecule has 1 aromatic rings. The number of hydrogen-bond acceptors (Lipinski definition) is 3. The van der Waals surface area contributed by atoms with Gasteiger partial charge in [0.25, 0.3) is 6.10 Å². The number of halogens is 7. The molecule has 1 rings (SSSR count). The minimum Gasteiger partial charge on any atom is -0.478 e. The normalized spacial score (nSPS) is 12.6. The molecule has 0 radical (unpaired) electrons. The number of anilines is 1. The van der Waals surface area contributed by atoms with Crippen LogP contribution in [0.1, 0.15) is 10.4 Å². The van der Waals surface area contributed by atoms with Crippen LogP contribution in [0, 0.1) is 5.82 Å². The highest BCUT2D eigenvalue weighted by Gasteiger charge is 2.59. The number of aromatic carboxylic acids is 1. The number of nitrogens with two attached hydrogens (primary N) is 1. The van der Waals surface area contributed by atoms with E-state index in [4.69, 9.17) is 10.8 Å². The standard InChI is InChI=1S/C10H6F7NO3/c11-4-2-6(5(18)1-3(4)7(19)20)21-8(9(12,13)14)10(15,16)17/h1-2,8H,18H2,(H,19,20). The molecular weight excluding hydrogens is 315 g/mol. The summed E-state index contributed by atoms with van der Waals surface area (Å²) in [4.78, 5) is 10.5. The third kappa shape index (κ3) is 3.89. The Morgan fingerprint density at radius 1 is 1.14 bits per heavy atom. The van der Waals surface area contributed by atoms with Crippen molar-refractivity contribution in [3.63, 3.8) is 0 Å². The van der Waals surface area contributed by atoms with Gasteiger partial charge in [-0.3, -0.25) is 0 Å². The number of hydrogen-bond donors (Lipinski definition) is 2. The molecule has 0 saturated carbocycles. The van der Waals surface area contributed by atoms with E-state index in [-0.39, 0.29) is 6.07 Å². The molecule has 0 aliphatic carbocycles. The van der Waals surface area contributed by atoms with E-state index < -0.39 is 47.2 Å². The van der Waals surface area contributed by atoms with Gasteiger partial charge in [0.1, 0.15) is 11.6 Å². The molecule has 0 unspecified atom stereocenters. The number of nitrogen functional groups attached to an aromatic ring is 1. The summed E-state index contributed by atoms with van der Waals surface area (Å²) in [5.41, 5.74) is 3.17. The Hall–Kier alpha value is -2.20. The summed E-state index contributed by atoms with van der Waals surface area (Å²) in [6.45, 7) is 0. The molecule has 118 valence electrons. The quantitative estimate of drug-likeness (QED) is 0.663. The molecule has 0 amide bonds. The van der Waals surface area contributed by atoms with E-state index in [9.17, 15) is 35.5 Å². The van der Waals surface area contributed by atoms with Gasteiger partial charge in [-0.2, -0.15) is 26.3 Å². The molecule has 0 atom stereocenters. The Morgan fingerprint density at radius 3 is 2.00 bits per heavy atom. The van der Waals surface area contributed by atoms with Crippen molar-refractivity contribution in [2.24, 2.45) is 0 Å². The highest BCUT2D eigenvalue weighted by molar-refractivity contribution is 5.89. The Bertz CT molecular complexity index is 539. The number of rotatable bonds is 3. The fraction of sp³-hybridized carbons (Fsp3) is 0.300. The van der Waals surface area contributed by atoms with Crippen LogP contribution in [0.2, 0.25) is 0 Å². The number of benzene rings is 1. The van der Waals surface area contributed by atoms with Crippen molar-refractivity contribution in [3.8, 4) is 5.75 Å². The van der Waals surface area contributed by atoms with Crippen molar-refractivity contribution in [3.05, 3.63) is 23.5 Å². The van der Waals surface area contributed by atoms with Crippen molar-refractivity contribution in [2.45, 2.75) is 18.5 Å². The molecule has 0 heterocycles. The summed E-state index contributed by atoms with van der Waals surface area (Å²) in [7, 11) is 0. The van der Waals surface area contributed by atoms with Gasteiger partial charge in [0.15, 0.2) is 0 Å². The second-order valence-corrected chi connectivity index (χ2v) is 3.76. The molecule has 0 saturated heterocycles. The van der Waals surface area contributed by atoms with E-state index in [0.29, 0.717) is 6.07 Å². The monoisotopic (exact) mass is 321 g/mol. The molecular formula is C10H6F7NO3. The molecule has 0 aliphatic rings. The van der Waals surface area contributed by atoms with E-state index in [1.165, 1.54) is 0 Å². The second kappa shape index (κ2) is 5.30. The predicted octanol–water partition coefficient (Wildman–Crippen LogP) is 2.98. The van der Waals surface area contributed by atoms with Gasteiger partial charge in [0, 0.05) is 6.07 Å². The van der Waals surface area contributed by atoms with E-state index in [0.717, 1.165) is 0 Å². The summed E-state index contributed by atoms with van der Waals surface area (Å²) >= 11 is 0. The summed E-state index contributed by atoms with van der Waals surface area (Å²) in [6.07, 6.45) is -15.8. The average Bonchev–Trinajstić information content (AvgIpc) is 2.25. The van der Waals surface area contributed by atoms with E-state index in [1.807, 2.05) is 0 Å². The maximum atomic E-state index is 13.2. The van der Waals surface area contributed by atoms with Crippen LogP contribution in [0.4, 0.5) is 36.4 Å². The lowest BCUT2D eigenvalue weighted by Gasteiger charge is -2.24. The lowest BCUT2D eigenvalue weighted by atomic mass is 10.1. The van der Waals surface area contributed by atoms with Gasteiger partial charge in [-0.1, -0.05) is 0 Å². The lowest BCUT2D eigenvalue weighted by molar-refractivity contribution is -0.299. The largest absolute Gasteiger partial charge is 0.478 e. The molecule has 1 aromatic carbocycles. The minimum atomic E-state index is -5.81. The molecule has 11 heteroatoms. The fourth-order valence-electron chi connectivity index (χ4n) is 1.28. The number of alkyl halides is 6. The third-order valence-corrected chi connectivity index (χ3v) is 2.17. The smallest absolute Gasteiger partial charge is 0.434 e. The second-order valence-electron chi connectivity index (χ2n) is 3.76. The van der Waals surface area contributed by atoms with E-state index in [2.05, 4.69) is 4.74 Å². The zero-order chi connectivity index (χ0) is 16.6. The van der Waals surface area contributed by atoms with Crippen LogP contribution >= 0.6 is 0 Å². The summed E-state index contributed by atoms with van der Waals surface area (Å²) in [5.74, 6) is -4.65. The minimum absolute atomic E-state index is 0.0449. The third-order valence-electron chi connectivity index (χ3n) is 2.17. The highest BCUT2D eigenvalue weighted by Crippen LogP contribution is 2.38. The van der Waals surface area contributed by atoms with Crippen molar-refractivity contribution in [1.29, 1.82) is 0 Å². The average molecular weight is 321 g/mol. The number of ether oxygens (including phenoxy) is 1. The zero-order valence-corrected chi connectivity index (χ0v) is 9.72. The first kappa shape index (κ1) is 16.9. The predicted molar refractivity (Wildman–Crippen MR) is 54.3 cm³/mol. The lowest BCUT2D eigenvalue weighted by Crippen LogP contribution is -2.46. The van der Waals surface area contributed by atoms with Crippen LogP contribution < -0.4 is 10.5 Å². The Labute approximate surface area is 111 Å². The first-order valence-electron chi connectivity index (χ1n) is 4.96. The molecule has 21 heavy (non-hydrogen) atoms. The van der Waals surface area contributed by atoms with Crippen LogP contribution in [0.25, 0.3) is 0 Å². The first-order chi connectivity index (χ1) is 9.34. The van der Waals surface area contributed by atoms with Crippen molar-refractivity contribution < 1.29 is 45.4 Å². The maximum absolute atomic E-state index is 13.2. The maximum Gasteiger partial charge on any atom is 0.434 e. The SMILES string of the molecule is Nc1cc(C(=O)O)c(F)cc1OC(C(F)(F)F)C(F)(F)F. The number of carbonyl (C=O) groups is 1. The number of carboxylic acids is 1. The van der Waals surface area contributed by atoms with Gasteiger partial charge in [-0.25, -0.2) is 9.18 Å². The zero-order valence-electron chi connectivity index (χ0n) is 9.72. The van der Waals surface area contributed by atoms with Crippen LogP contribution in [0.15, 0.2) is 12.1 Å². The Kier molecular flexibility index (Phi) is 4.25. The van der Waals surface area contributed by atoms with Crippen LogP contribution in [0.3, 0.4) is 0 Å². The summed E-state index contributed by atoms with van der Waals surface area (Å²) in [6, 6.07) is 0.403. The topological polar surface area (TPSA) is 72.6 Å².